The van der Waals surface area contributed by atoms with E-state index >= 15 is 0 Å². The number of pyridine rings is 1. The van der Waals surface area contributed by atoms with Crippen molar-refractivity contribution in [3.63, 3.8) is 0 Å². The summed E-state index contributed by atoms with van der Waals surface area (Å²) in [5.41, 5.74) is 1.63. The van der Waals surface area contributed by atoms with Gasteiger partial charge in [0.1, 0.15) is 0 Å². The molecule has 0 amide bonds. The van der Waals surface area contributed by atoms with E-state index in [4.69, 9.17) is 11.6 Å². The van der Waals surface area contributed by atoms with Gasteiger partial charge in [-0.15, -0.1) is 0 Å². The van der Waals surface area contributed by atoms with Crippen molar-refractivity contribution in [3.8, 4) is 0 Å². The fourth-order valence-electron chi connectivity index (χ4n) is 2.05. The minimum atomic E-state index is 0.518. The Morgan fingerprint density at radius 3 is 2.56 bits per heavy atom. The molecule has 0 saturated carbocycles. The summed E-state index contributed by atoms with van der Waals surface area (Å²) < 4.78 is 0. The highest BCUT2D eigenvalue weighted by atomic mass is 35.5. The molecule has 1 saturated heterocycles. The van der Waals surface area contributed by atoms with Gasteiger partial charge in [-0.25, -0.2) is 0 Å². The molecule has 2 heterocycles. The molecule has 0 spiro atoms. The van der Waals surface area contributed by atoms with Gasteiger partial charge in [0.2, 0.25) is 0 Å². The lowest BCUT2D eigenvalue weighted by Crippen LogP contribution is -2.36. The lowest BCUT2D eigenvalue weighted by Gasteiger charge is -2.36. The first-order valence-electron chi connectivity index (χ1n) is 5.88. The molecule has 0 N–H and O–H groups in total. The van der Waals surface area contributed by atoms with E-state index in [0.29, 0.717) is 10.4 Å². The topological polar surface area (TPSA) is 16.1 Å². The Bertz CT molecular complexity index is 335. The van der Waals surface area contributed by atoms with E-state index in [2.05, 4.69) is 23.7 Å². The van der Waals surface area contributed by atoms with Gasteiger partial charge in [0.15, 0.2) is 0 Å². The molecule has 3 heteroatoms. The fourth-order valence-corrected chi connectivity index (χ4v) is 2.16. The van der Waals surface area contributed by atoms with E-state index in [0.717, 1.165) is 12.2 Å². The number of hydrogen-bond donors (Lipinski definition) is 0. The van der Waals surface area contributed by atoms with Crippen LogP contribution in [0.2, 0.25) is 5.02 Å². The highest BCUT2D eigenvalue weighted by Crippen LogP contribution is 2.30. The number of nitrogens with zero attached hydrogens (tertiary/aromatic N) is 2. The van der Waals surface area contributed by atoms with E-state index in [1.807, 2.05) is 12.1 Å². The first-order chi connectivity index (χ1) is 7.55. The maximum Gasteiger partial charge on any atom is 0.0589 e. The zero-order chi connectivity index (χ0) is 11.6. The van der Waals surface area contributed by atoms with E-state index in [1.165, 1.54) is 25.9 Å². The Morgan fingerprint density at radius 1 is 1.31 bits per heavy atom. The smallest absolute Gasteiger partial charge is 0.0589 e. The SMILES string of the molecule is CC1(C)CCN(Cc2ccc(Cl)cn2)CC1. The predicted octanol–water partition coefficient (Wildman–Crippen LogP) is 3.36. The van der Waals surface area contributed by atoms with Crippen LogP contribution in [0.3, 0.4) is 0 Å². The maximum absolute atomic E-state index is 5.82. The number of piperidine rings is 1. The van der Waals surface area contributed by atoms with Crippen molar-refractivity contribution in [3.05, 3.63) is 29.0 Å². The number of hydrogen-bond acceptors (Lipinski definition) is 2. The zero-order valence-electron chi connectivity index (χ0n) is 10.0. The molecule has 1 aliphatic heterocycles. The molecule has 1 fully saturated rings. The number of likely N-dealkylation sites (tertiary alicyclic amines) is 1. The first-order valence-corrected chi connectivity index (χ1v) is 6.26. The second-order valence-corrected chi connectivity index (χ2v) is 5.84. The van der Waals surface area contributed by atoms with Crippen LogP contribution >= 0.6 is 11.6 Å². The van der Waals surface area contributed by atoms with Crippen LogP contribution in [-0.4, -0.2) is 23.0 Å². The van der Waals surface area contributed by atoms with Gasteiger partial charge in [-0.2, -0.15) is 0 Å². The van der Waals surface area contributed by atoms with Gasteiger partial charge in [-0.1, -0.05) is 25.4 Å². The van der Waals surface area contributed by atoms with Gasteiger partial charge in [-0.05, 0) is 43.5 Å². The lowest BCUT2D eigenvalue weighted by molar-refractivity contribution is 0.126. The van der Waals surface area contributed by atoms with Crippen molar-refractivity contribution >= 4 is 11.6 Å². The van der Waals surface area contributed by atoms with E-state index in [-0.39, 0.29) is 0 Å². The van der Waals surface area contributed by atoms with Gasteiger partial charge < -0.3 is 0 Å². The Morgan fingerprint density at radius 2 is 2.00 bits per heavy atom. The minimum Gasteiger partial charge on any atom is -0.297 e. The average molecular weight is 239 g/mol. The summed E-state index contributed by atoms with van der Waals surface area (Å²) in [5, 5.41) is 0.712. The summed E-state index contributed by atoms with van der Waals surface area (Å²) in [6.07, 6.45) is 4.28. The Hall–Kier alpha value is -0.600. The summed E-state index contributed by atoms with van der Waals surface area (Å²) in [7, 11) is 0. The molecule has 0 aliphatic carbocycles. The van der Waals surface area contributed by atoms with Crippen molar-refractivity contribution in [1.82, 2.24) is 9.88 Å². The molecule has 88 valence electrons. The van der Waals surface area contributed by atoms with Crippen LogP contribution in [0, 0.1) is 5.41 Å². The molecule has 0 aromatic carbocycles. The quantitative estimate of drug-likeness (QED) is 0.786. The van der Waals surface area contributed by atoms with Crippen LogP contribution in [0.25, 0.3) is 0 Å². The normalized spacial score (nSPS) is 20.9. The molecule has 2 nitrogen and oxygen atoms in total. The van der Waals surface area contributed by atoms with E-state index in [1.54, 1.807) is 6.20 Å². The van der Waals surface area contributed by atoms with Crippen LogP contribution in [-0.2, 0) is 6.54 Å². The standard InChI is InChI=1S/C13H19ClN2/c1-13(2)5-7-16(8-6-13)10-12-4-3-11(14)9-15-12/h3-4,9H,5-8,10H2,1-2H3. The van der Waals surface area contributed by atoms with E-state index in [9.17, 15) is 0 Å². The van der Waals surface area contributed by atoms with Gasteiger partial charge >= 0.3 is 0 Å². The third kappa shape index (κ3) is 3.19. The molecular weight excluding hydrogens is 220 g/mol. The Kier molecular flexibility index (Phi) is 3.50. The van der Waals surface area contributed by atoms with Crippen LogP contribution in [0.1, 0.15) is 32.4 Å². The van der Waals surface area contributed by atoms with Crippen molar-refractivity contribution in [2.24, 2.45) is 5.41 Å². The zero-order valence-corrected chi connectivity index (χ0v) is 10.8. The molecule has 1 aromatic rings. The van der Waals surface area contributed by atoms with Crippen molar-refractivity contribution < 1.29 is 0 Å². The van der Waals surface area contributed by atoms with Crippen molar-refractivity contribution in [1.29, 1.82) is 0 Å². The van der Waals surface area contributed by atoms with Gasteiger partial charge in [0.25, 0.3) is 0 Å². The maximum atomic E-state index is 5.82. The monoisotopic (exact) mass is 238 g/mol. The predicted molar refractivity (Wildman–Crippen MR) is 67.5 cm³/mol. The molecular formula is C13H19ClN2. The summed E-state index contributed by atoms with van der Waals surface area (Å²) in [5.74, 6) is 0. The molecule has 0 unspecified atom stereocenters. The van der Waals surface area contributed by atoms with Gasteiger partial charge in [-0.3, -0.25) is 9.88 Å². The highest BCUT2D eigenvalue weighted by molar-refractivity contribution is 6.30. The summed E-state index contributed by atoms with van der Waals surface area (Å²) in [4.78, 5) is 6.81. The van der Waals surface area contributed by atoms with Gasteiger partial charge in [0, 0.05) is 12.7 Å². The second-order valence-electron chi connectivity index (χ2n) is 5.41. The highest BCUT2D eigenvalue weighted by Gasteiger charge is 2.25. The molecule has 0 bridgehead atoms. The summed E-state index contributed by atoms with van der Waals surface area (Å²) >= 11 is 5.82. The Balaban J connectivity index is 1.89. The van der Waals surface area contributed by atoms with Gasteiger partial charge in [0.05, 0.1) is 10.7 Å². The summed E-state index contributed by atoms with van der Waals surface area (Å²) in [6.45, 7) is 8.01. The number of rotatable bonds is 2. The van der Waals surface area contributed by atoms with Crippen molar-refractivity contribution in [2.75, 3.05) is 13.1 Å². The summed E-state index contributed by atoms with van der Waals surface area (Å²) in [6, 6.07) is 3.93. The molecule has 1 aromatic heterocycles. The molecule has 0 radical (unpaired) electrons. The van der Waals surface area contributed by atoms with Crippen LogP contribution in [0.5, 0.6) is 0 Å². The fraction of sp³-hybridized carbons (Fsp3) is 0.615. The largest absolute Gasteiger partial charge is 0.297 e. The second kappa shape index (κ2) is 4.72. The van der Waals surface area contributed by atoms with Crippen LogP contribution in [0.15, 0.2) is 18.3 Å². The van der Waals surface area contributed by atoms with Crippen LogP contribution < -0.4 is 0 Å². The number of aromatic nitrogens is 1. The third-order valence-corrected chi connectivity index (χ3v) is 3.61. The minimum absolute atomic E-state index is 0.518. The molecule has 16 heavy (non-hydrogen) atoms. The lowest BCUT2D eigenvalue weighted by atomic mass is 9.83. The van der Waals surface area contributed by atoms with E-state index < -0.39 is 0 Å². The third-order valence-electron chi connectivity index (χ3n) is 3.38. The van der Waals surface area contributed by atoms with Crippen LogP contribution in [0.4, 0.5) is 0 Å². The average Bonchev–Trinajstić information content (AvgIpc) is 2.24. The van der Waals surface area contributed by atoms with Crippen molar-refractivity contribution in [2.45, 2.75) is 33.2 Å². The molecule has 0 atom stereocenters. The Labute approximate surface area is 103 Å². The molecule has 1 aliphatic rings. The molecule has 2 rings (SSSR count). The first kappa shape index (κ1) is 11.9. The number of halogens is 1.